The lowest BCUT2D eigenvalue weighted by Crippen LogP contribution is -2.40. The summed E-state index contributed by atoms with van der Waals surface area (Å²) in [4.78, 5) is 35.0. The van der Waals surface area contributed by atoms with Crippen molar-refractivity contribution in [2.24, 2.45) is 0 Å². The topological polar surface area (TPSA) is 165 Å². The molecule has 3 heterocycles. The predicted molar refractivity (Wildman–Crippen MR) is 134 cm³/mol. The third kappa shape index (κ3) is 7.10. The zero-order chi connectivity index (χ0) is 25.0. The molecule has 0 aromatic carbocycles. The summed E-state index contributed by atoms with van der Waals surface area (Å²) in [6, 6.07) is 5.10. The molecule has 2 aromatic heterocycles. The van der Waals surface area contributed by atoms with Gasteiger partial charge < -0.3 is 20.5 Å². The molecular weight excluding hydrogens is 472 g/mol. The van der Waals surface area contributed by atoms with E-state index in [1.165, 1.54) is 11.1 Å². The number of carbonyl (C=O) groups is 2. The molecule has 1 aliphatic rings. The van der Waals surface area contributed by atoms with Gasteiger partial charge in [-0.2, -0.15) is 5.26 Å². The van der Waals surface area contributed by atoms with Gasteiger partial charge in [0, 0.05) is 45.0 Å². The highest BCUT2D eigenvalue weighted by Crippen LogP contribution is 2.28. The zero-order valence-electron chi connectivity index (χ0n) is 19.3. The van der Waals surface area contributed by atoms with Crippen molar-refractivity contribution in [3.05, 3.63) is 40.7 Å². The van der Waals surface area contributed by atoms with Gasteiger partial charge in [0.1, 0.15) is 23.4 Å². The van der Waals surface area contributed by atoms with Crippen LogP contribution in [-0.4, -0.2) is 66.7 Å². The standard InChI is InChI=1S/C22H28N8O4S/c1-24-4-5-25-12-16-9-15-3-2-7-30(21(15)28-19(16)14-31)22(32)29-20-10-18(17(11-23)13-27-20)26-6-8-34-35-33/h9-10,13-14,24-25,33H,2-8,12H2,1H3,(H2,26,27,29,32). The first-order valence-corrected chi connectivity index (χ1v) is 11.8. The van der Waals surface area contributed by atoms with Crippen LogP contribution in [0.25, 0.3) is 0 Å². The Morgan fingerprint density at radius 2 is 2.23 bits per heavy atom. The molecule has 5 N–H and O–H groups in total. The molecule has 2 amide bonds. The Hall–Kier alpha value is -3.28. The van der Waals surface area contributed by atoms with Crippen molar-refractivity contribution >= 4 is 42.0 Å². The summed E-state index contributed by atoms with van der Waals surface area (Å²) in [6.07, 6.45) is 3.58. The Bertz CT molecular complexity index is 1080. The quantitative estimate of drug-likeness (QED) is 0.164. The Balaban J connectivity index is 1.75. The van der Waals surface area contributed by atoms with Gasteiger partial charge in [0.05, 0.1) is 17.9 Å². The lowest BCUT2D eigenvalue weighted by Gasteiger charge is -2.29. The first-order valence-electron chi connectivity index (χ1n) is 11.1. The van der Waals surface area contributed by atoms with Crippen molar-refractivity contribution in [2.45, 2.75) is 19.4 Å². The Morgan fingerprint density at radius 3 is 2.97 bits per heavy atom. The van der Waals surface area contributed by atoms with Gasteiger partial charge in [-0.05, 0) is 37.1 Å². The number of urea groups is 1. The molecule has 0 unspecified atom stereocenters. The molecule has 0 spiro atoms. The average Bonchev–Trinajstić information content (AvgIpc) is 2.88. The van der Waals surface area contributed by atoms with Gasteiger partial charge in [0.15, 0.2) is 18.6 Å². The van der Waals surface area contributed by atoms with E-state index < -0.39 is 6.03 Å². The van der Waals surface area contributed by atoms with Gasteiger partial charge in [-0.25, -0.2) is 14.8 Å². The second-order valence-corrected chi connectivity index (χ2v) is 8.03. The van der Waals surface area contributed by atoms with E-state index in [0.717, 1.165) is 37.1 Å². The van der Waals surface area contributed by atoms with Crippen LogP contribution in [0.15, 0.2) is 18.3 Å². The number of nitrogens with zero attached hydrogens (tertiary/aromatic N) is 4. The first-order chi connectivity index (χ1) is 17.1. The average molecular weight is 501 g/mol. The normalized spacial score (nSPS) is 12.5. The molecule has 3 rings (SSSR count). The van der Waals surface area contributed by atoms with Crippen LogP contribution in [0.1, 0.15) is 33.6 Å². The van der Waals surface area contributed by atoms with Gasteiger partial charge in [0.2, 0.25) is 0 Å². The minimum atomic E-state index is -0.432. The molecule has 0 saturated heterocycles. The molecule has 2 aromatic rings. The summed E-state index contributed by atoms with van der Waals surface area (Å²) >= 11 is 0.264. The number of hydrogen-bond donors (Lipinski definition) is 5. The second-order valence-electron chi connectivity index (χ2n) is 7.65. The van der Waals surface area contributed by atoms with Crippen molar-refractivity contribution in [2.75, 3.05) is 55.4 Å². The van der Waals surface area contributed by atoms with E-state index >= 15 is 0 Å². The SMILES string of the molecule is CNCCNCc1cc2c(nc1C=O)N(C(=O)Nc1cc(NCCOSO)c(C#N)cn1)CCC2. The van der Waals surface area contributed by atoms with Crippen molar-refractivity contribution < 1.29 is 18.3 Å². The minimum Gasteiger partial charge on any atom is -0.381 e. The number of aromatic nitrogens is 2. The molecule has 0 saturated carbocycles. The maximum absolute atomic E-state index is 13.1. The number of nitriles is 1. The molecule has 0 aliphatic carbocycles. The fourth-order valence-electron chi connectivity index (χ4n) is 3.64. The Labute approximate surface area is 207 Å². The number of carbonyl (C=O) groups excluding carboxylic acids is 2. The van der Waals surface area contributed by atoms with E-state index in [0.29, 0.717) is 48.7 Å². The summed E-state index contributed by atoms with van der Waals surface area (Å²) < 4.78 is 13.4. The third-order valence-corrected chi connectivity index (χ3v) is 5.58. The molecule has 0 radical (unpaired) electrons. The molecule has 35 heavy (non-hydrogen) atoms. The summed E-state index contributed by atoms with van der Waals surface area (Å²) in [5, 5.41) is 21.4. The number of aryl methyl sites for hydroxylation is 1. The van der Waals surface area contributed by atoms with E-state index in [2.05, 4.69) is 31.2 Å². The number of anilines is 3. The van der Waals surface area contributed by atoms with Crippen molar-refractivity contribution in [1.82, 2.24) is 20.6 Å². The maximum atomic E-state index is 13.1. The summed E-state index contributed by atoms with van der Waals surface area (Å²) in [5.41, 5.74) is 2.77. The van der Waals surface area contributed by atoms with Crippen LogP contribution in [0.4, 0.5) is 22.1 Å². The fourth-order valence-corrected chi connectivity index (χ4v) is 3.79. The van der Waals surface area contributed by atoms with E-state index in [-0.39, 0.29) is 24.7 Å². The monoisotopic (exact) mass is 500 g/mol. The van der Waals surface area contributed by atoms with Gasteiger partial charge in [0.25, 0.3) is 0 Å². The van der Waals surface area contributed by atoms with Crippen LogP contribution in [0.3, 0.4) is 0 Å². The summed E-state index contributed by atoms with van der Waals surface area (Å²) in [7, 11) is 1.87. The van der Waals surface area contributed by atoms with E-state index in [4.69, 9.17) is 8.74 Å². The number of fused-ring (bicyclic) bond motifs is 1. The van der Waals surface area contributed by atoms with Crippen LogP contribution in [0, 0.1) is 11.3 Å². The second kappa shape index (κ2) is 13.6. The van der Waals surface area contributed by atoms with Crippen molar-refractivity contribution in [3.8, 4) is 6.07 Å². The van der Waals surface area contributed by atoms with Gasteiger partial charge in [-0.15, -0.1) is 0 Å². The lowest BCUT2D eigenvalue weighted by atomic mass is 10.0. The van der Waals surface area contributed by atoms with Crippen molar-refractivity contribution in [1.29, 1.82) is 5.26 Å². The number of aldehydes is 1. The smallest absolute Gasteiger partial charge is 0.328 e. The maximum Gasteiger partial charge on any atom is 0.328 e. The molecule has 0 bridgehead atoms. The zero-order valence-corrected chi connectivity index (χ0v) is 20.2. The number of likely N-dealkylation sites (N-methyl/N-ethyl adjacent to an activating group) is 1. The highest BCUT2D eigenvalue weighted by atomic mass is 32.2. The van der Waals surface area contributed by atoms with Crippen LogP contribution >= 0.6 is 12.3 Å². The highest BCUT2D eigenvalue weighted by Gasteiger charge is 2.26. The molecular formula is C22H28N8O4S. The molecule has 12 nitrogen and oxygen atoms in total. The number of hydrogen-bond acceptors (Lipinski definition) is 11. The molecule has 186 valence electrons. The minimum absolute atomic E-state index is 0.207. The number of rotatable bonds is 12. The van der Waals surface area contributed by atoms with E-state index in [9.17, 15) is 14.9 Å². The first kappa shape index (κ1) is 26.3. The van der Waals surface area contributed by atoms with Gasteiger partial charge >= 0.3 is 6.03 Å². The summed E-state index contributed by atoms with van der Waals surface area (Å²) in [6.45, 7) is 3.06. The van der Waals surface area contributed by atoms with E-state index in [1.807, 2.05) is 19.2 Å². The van der Waals surface area contributed by atoms with Crippen molar-refractivity contribution in [3.63, 3.8) is 0 Å². The van der Waals surface area contributed by atoms with E-state index in [1.54, 1.807) is 6.07 Å². The molecule has 0 atom stereocenters. The van der Waals surface area contributed by atoms with Crippen LogP contribution < -0.4 is 26.2 Å². The summed E-state index contributed by atoms with van der Waals surface area (Å²) in [5.74, 6) is 0.711. The predicted octanol–water partition coefficient (Wildman–Crippen LogP) is 2.00. The number of nitrogens with one attached hydrogen (secondary N) is 4. The molecule has 1 aliphatic heterocycles. The third-order valence-electron chi connectivity index (χ3n) is 5.31. The molecule has 0 fully saturated rings. The molecule has 13 heteroatoms. The van der Waals surface area contributed by atoms with Crippen LogP contribution in [-0.2, 0) is 17.1 Å². The highest BCUT2D eigenvalue weighted by molar-refractivity contribution is 7.88. The Morgan fingerprint density at radius 1 is 1.37 bits per heavy atom. The van der Waals surface area contributed by atoms with Gasteiger partial charge in [-0.1, -0.05) is 0 Å². The van der Waals surface area contributed by atoms with Crippen LogP contribution in [0.5, 0.6) is 0 Å². The number of amides is 2. The number of pyridine rings is 2. The largest absolute Gasteiger partial charge is 0.381 e. The van der Waals surface area contributed by atoms with Gasteiger partial charge in [-0.3, -0.25) is 19.2 Å². The Kier molecular flexibility index (Phi) is 10.2. The van der Waals surface area contributed by atoms with Crippen LogP contribution in [0.2, 0.25) is 0 Å². The fraction of sp³-hybridized carbons (Fsp3) is 0.409. The lowest BCUT2D eigenvalue weighted by molar-refractivity contribution is 0.111.